The van der Waals surface area contributed by atoms with E-state index in [-0.39, 0.29) is 0 Å². The molecule has 0 aromatic carbocycles. The molecule has 1 unspecified atom stereocenters. The number of halogens is 3. The van der Waals surface area contributed by atoms with Crippen LogP contribution in [0.1, 0.15) is 0 Å². The number of hydrogen-bond acceptors (Lipinski definition) is 4. The molecule has 0 spiro atoms. The molecule has 1 rings (SSSR count). The molecule has 0 bridgehead atoms. The molecule has 0 amide bonds. The van der Waals surface area contributed by atoms with Crippen LogP contribution in [0.3, 0.4) is 0 Å². The molecule has 0 aliphatic heterocycles. The summed E-state index contributed by atoms with van der Waals surface area (Å²) in [6, 6.07) is 2.21. The number of sulfonamides is 1. The first-order valence-corrected chi connectivity index (χ1v) is 5.66. The number of hydrogen-bond donors (Lipinski definition) is 1. The molecule has 10 heteroatoms. The quantitative estimate of drug-likeness (QED) is 0.888. The fourth-order valence-electron chi connectivity index (χ4n) is 0.542. The van der Waals surface area contributed by atoms with Crippen LogP contribution in [-0.4, -0.2) is 13.9 Å². The molecule has 5 nitrogen and oxygen atoms in total. The van der Waals surface area contributed by atoms with Crippen molar-refractivity contribution in [3.63, 3.8) is 0 Å². The number of nitrogens with one attached hydrogen (secondary N) is 1. The van der Waals surface area contributed by atoms with Gasteiger partial charge in [-0.1, -0.05) is 0 Å². The third-order valence-electron chi connectivity index (χ3n) is 1.13. The average molecular weight is 263 g/mol. The van der Waals surface area contributed by atoms with Gasteiger partial charge < -0.3 is 8.39 Å². The molecule has 0 aliphatic rings. The molecule has 86 valence electrons. The van der Waals surface area contributed by atoms with Gasteiger partial charge in [-0.2, -0.15) is 21.6 Å². The van der Waals surface area contributed by atoms with E-state index in [2.05, 4.69) is 8.39 Å². The van der Waals surface area contributed by atoms with Crippen LogP contribution < -0.4 is 4.72 Å². The second-order valence-electron chi connectivity index (χ2n) is 2.21. The Balaban J connectivity index is 2.99. The maximum atomic E-state index is 11.9. The zero-order valence-corrected chi connectivity index (χ0v) is 8.72. The van der Waals surface area contributed by atoms with Gasteiger partial charge in [-0.15, -0.1) is 0 Å². The second-order valence-corrected chi connectivity index (χ2v) is 4.49. The molecule has 0 radical (unpaired) electrons. The molecule has 0 saturated carbocycles. The van der Waals surface area contributed by atoms with Crippen molar-refractivity contribution in [1.82, 2.24) is 0 Å². The van der Waals surface area contributed by atoms with E-state index in [1.807, 2.05) is 0 Å². The van der Waals surface area contributed by atoms with Crippen molar-refractivity contribution < 1.29 is 30.0 Å². The third-order valence-corrected chi connectivity index (χ3v) is 2.75. The van der Waals surface area contributed by atoms with E-state index in [0.717, 1.165) is 12.3 Å². The van der Waals surface area contributed by atoms with Crippen molar-refractivity contribution in [2.75, 3.05) is 4.72 Å². The highest BCUT2D eigenvalue weighted by atomic mass is 32.2. The standard InChI is InChI=1S/C5H5F3NO4PS/c6-5(7,8)15(10,11)9-4-2-1-3-12-14-13-4/h1-3,9,14H. The average Bonchev–Trinajstić information content (AvgIpc) is 2.30. The molecular formula is C5H5F3NO4PS. The van der Waals surface area contributed by atoms with Gasteiger partial charge in [0.05, 0.1) is 6.26 Å². The minimum atomic E-state index is -5.44. The molecule has 1 heterocycles. The van der Waals surface area contributed by atoms with E-state index >= 15 is 0 Å². The molecule has 15 heavy (non-hydrogen) atoms. The van der Waals surface area contributed by atoms with Gasteiger partial charge in [0.1, 0.15) is 0 Å². The summed E-state index contributed by atoms with van der Waals surface area (Å²) in [5, 5.41) is 0. The first-order valence-electron chi connectivity index (χ1n) is 3.36. The summed E-state index contributed by atoms with van der Waals surface area (Å²) in [5.74, 6) is -0.542. The minimum absolute atomic E-state index is 0.542. The molecule has 1 aromatic heterocycles. The lowest BCUT2D eigenvalue weighted by Crippen LogP contribution is -2.29. The van der Waals surface area contributed by atoms with Gasteiger partial charge in [0.15, 0.2) is 0 Å². The summed E-state index contributed by atoms with van der Waals surface area (Å²) in [6.45, 7) is 0. The molecule has 0 saturated heterocycles. The van der Waals surface area contributed by atoms with Crippen molar-refractivity contribution in [3.05, 3.63) is 18.4 Å². The summed E-state index contributed by atoms with van der Waals surface area (Å²) in [7, 11) is -6.05. The Morgan fingerprint density at radius 3 is 2.67 bits per heavy atom. The Bertz CT molecular complexity index is 435. The Morgan fingerprint density at radius 1 is 1.40 bits per heavy atom. The van der Waals surface area contributed by atoms with Gasteiger partial charge in [-0.3, -0.25) is 0 Å². The van der Waals surface area contributed by atoms with Crippen LogP contribution in [0, 0.1) is 0 Å². The maximum absolute atomic E-state index is 11.9. The van der Waals surface area contributed by atoms with Crippen molar-refractivity contribution in [1.29, 1.82) is 0 Å². The van der Waals surface area contributed by atoms with Gasteiger partial charge in [0.25, 0.3) is 0 Å². The monoisotopic (exact) mass is 263 g/mol. The first kappa shape index (κ1) is 12.0. The van der Waals surface area contributed by atoms with E-state index in [4.69, 9.17) is 0 Å². The molecule has 1 N–H and O–H groups in total. The van der Waals surface area contributed by atoms with Gasteiger partial charge in [-0.05, 0) is 6.07 Å². The van der Waals surface area contributed by atoms with Crippen LogP contribution in [0.15, 0.2) is 26.8 Å². The Morgan fingerprint density at radius 2 is 2.07 bits per heavy atom. The fourth-order valence-corrected chi connectivity index (χ4v) is 1.50. The van der Waals surface area contributed by atoms with Gasteiger partial charge >= 0.3 is 15.5 Å². The fraction of sp³-hybridized carbons (Fsp3) is 0.200. The highest BCUT2D eigenvalue weighted by Gasteiger charge is 2.46. The van der Waals surface area contributed by atoms with Gasteiger partial charge in [0, 0.05) is 6.07 Å². The van der Waals surface area contributed by atoms with E-state index in [9.17, 15) is 21.6 Å². The Kier molecular flexibility index (Phi) is 3.35. The number of alkyl halides is 3. The van der Waals surface area contributed by atoms with Gasteiger partial charge in [-0.25, -0.2) is 4.72 Å². The third kappa shape index (κ3) is 3.21. The SMILES string of the molecule is O=S(=O)(Nc1ccco[pH]o1)C(F)(F)F. The van der Waals surface area contributed by atoms with Crippen molar-refractivity contribution in [3.8, 4) is 0 Å². The van der Waals surface area contributed by atoms with Crippen LogP contribution in [0.5, 0.6) is 0 Å². The van der Waals surface area contributed by atoms with Crippen molar-refractivity contribution in [2.45, 2.75) is 5.51 Å². The lowest BCUT2D eigenvalue weighted by Gasteiger charge is -2.07. The molecule has 0 aliphatic carbocycles. The topological polar surface area (TPSA) is 72.5 Å². The number of rotatable bonds is 2. The Labute approximate surface area is 83.9 Å². The highest BCUT2D eigenvalue weighted by molar-refractivity contribution is 7.93. The number of anilines is 1. The first-order chi connectivity index (χ1) is 6.83. The van der Waals surface area contributed by atoms with Crippen LogP contribution >= 0.6 is 8.67 Å². The summed E-state index contributed by atoms with van der Waals surface area (Å²) >= 11 is 0. The zero-order valence-electron chi connectivity index (χ0n) is 6.91. The van der Waals surface area contributed by atoms with E-state index in [0.29, 0.717) is 0 Å². The smallest absolute Gasteiger partial charge is 0.430 e. The minimum Gasteiger partial charge on any atom is -0.430 e. The normalized spacial score (nSPS) is 12.7. The summed E-state index contributed by atoms with van der Waals surface area (Å²) < 4.78 is 67.3. The lowest BCUT2D eigenvalue weighted by atomic mass is 10.6. The van der Waals surface area contributed by atoms with E-state index in [1.165, 1.54) is 10.8 Å². The van der Waals surface area contributed by atoms with Crippen LogP contribution in [-0.2, 0) is 10.0 Å². The van der Waals surface area contributed by atoms with Crippen LogP contribution in [0.2, 0.25) is 0 Å². The van der Waals surface area contributed by atoms with Gasteiger partial charge in [0.2, 0.25) is 14.6 Å². The summed E-state index contributed by atoms with van der Waals surface area (Å²) in [6.07, 6.45) is 1.16. The van der Waals surface area contributed by atoms with Crippen molar-refractivity contribution in [2.24, 2.45) is 0 Å². The summed E-state index contributed by atoms with van der Waals surface area (Å²) in [4.78, 5) is 0. The van der Waals surface area contributed by atoms with Crippen molar-refractivity contribution >= 4 is 24.6 Å². The molecular weight excluding hydrogens is 258 g/mol. The Hall–Kier alpha value is -1.08. The predicted molar refractivity (Wildman–Crippen MR) is 46.7 cm³/mol. The zero-order chi connectivity index (χ0) is 11.5. The second kappa shape index (κ2) is 4.19. The highest BCUT2D eigenvalue weighted by Crippen LogP contribution is 2.25. The molecule has 1 atom stereocenters. The van der Waals surface area contributed by atoms with E-state index < -0.39 is 30.1 Å². The van der Waals surface area contributed by atoms with Crippen LogP contribution in [0.4, 0.5) is 19.1 Å². The lowest BCUT2D eigenvalue weighted by molar-refractivity contribution is -0.0429. The predicted octanol–water partition coefficient (Wildman–Crippen LogP) is 2.29. The largest absolute Gasteiger partial charge is 0.516 e. The van der Waals surface area contributed by atoms with Crippen LogP contribution in [0.25, 0.3) is 0 Å². The molecule has 0 fully saturated rings. The molecule has 1 aromatic rings. The van der Waals surface area contributed by atoms with E-state index in [1.54, 1.807) is 0 Å². The summed E-state index contributed by atoms with van der Waals surface area (Å²) in [5.41, 5.74) is -5.38. The maximum Gasteiger partial charge on any atom is 0.516 e.